The van der Waals surface area contributed by atoms with Crippen LogP contribution in [0.5, 0.6) is 0 Å². The highest BCUT2D eigenvalue weighted by atomic mass is 16.2. The van der Waals surface area contributed by atoms with Crippen LogP contribution in [0.2, 0.25) is 0 Å². The molecule has 2 bridgehead atoms. The molecule has 0 aliphatic carbocycles. The molecule has 5 heterocycles. The Morgan fingerprint density at radius 1 is 1.31 bits per heavy atom. The van der Waals surface area contributed by atoms with Crippen LogP contribution in [0.4, 0.5) is 0 Å². The van der Waals surface area contributed by atoms with Gasteiger partial charge < -0.3 is 9.80 Å². The molecule has 2 aromatic rings. The summed E-state index contributed by atoms with van der Waals surface area (Å²) in [4.78, 5) is 37.7. The first-order valence-electron chi connectivity index (χ1n) is 8.93. The smallest absolute Gasteiger partial charge is 0.293 e. The molecule has 8 nitrogen and oxygen atoms in total. The fourth-order valence-electron chi connectivity index (χ4n) is 3.69. The lowest BCUT2D eigenvalue weighted by atomic mass is 9.94. The molecule has 0 spiro atoms. The van der Waals surface area contributed by atoms with Gasteiger partial charge >= 0.3 is 0 Å². The molecule has 0 radical (unpaired) electrons. The highest BCUT2D eigenvalue weighted by Gasteiger charge is 2.42. The van der Waals surface area contributed by atoms with E-state index in [2.05, 4.69) is 21.1 Å². The first-order valence-corrected chi connectivity index (χ1v) is 8.93. The van der Waals surface area contributed by atoms with Crippen LogP contribution in [-0.4, -0.2) is 66.9 Å². The van der Waals surface area contributed by atoms with Crippen molar-refractivity contribution in [2.45, 2.75) is 32.7 Å². The summed E-state index contributed by atoms with van der Waals surface area (Å²) in [6.07, 6.45) is 7.16. The maximum atomic E-state index is 12.9. The third kappa shape index (κ3) is 2.95. The largest absolute Gasteiger partial charge is 0.334 e. The third-order valence-electron chi connectivity index (χ3n) is 5.08. The minimum absolute atomic E-state index is 0.0518. The van der Waals surface area contributed by atoms with Gasteiger partial charge in [-0.3, -0.25) is 9.59 Å². The summed E-state index contributed by atoms with van der Waals surface area (Å²) in [7, 11) is 0. The Bertz CT molecular complexity index is 852. The number of rotatable bonds is 3. The molecule has 3 fully saturated rings. The molecular weight excluding hydrogens is 332 g/mol. The molecule has 136 valence electrons. The van der Waals surface area contributed by atoms with Crippen LogP contribution >= 0.6 is 0 Å². The summed E-state index contributed by atoms with van der Waals surface area (Å²) >= 11 is 0. The molecule has 0 aromatic carbocycles. The van der Waals surface area contributed by atoms with Crippen LogP contribution in [0, 0.1) is 5.92 Å². The first kappa shape index (κ1) is 16.7. The number of aromatic nitrogens is 4. The lowest BCUT2D eigenvalue weighted by Crippen LogP contribution is -2.48. The third-order valence-corrected chi connectivity index (χ3v) is 5.08. The van der Waals surface area contributed by atoms with Gasteiger partial charge in [0.05, 0.1) is 5.92 Å². The number of piperidine rings is 1. The average Bonchev–Trinajstić information content (AvgIpc) is 2.87. The number of nitrogens with zero attached hydrogens (tertiary/aromatic N) is 6. The minimum Gasteiger partial charge on any atom is -0.334 e. The van der Waals surface area contributed by atoms with Crippen molar-refractivity contribution in [3.8, 4) is 0 Å². The zero-order chi connectivity index (χ0) is 18.3. The summed E-state index contributed by atoms with van der Waals surface area (Å²) in [6, 6.07) is 1.79. The van der Waals surface area contributed by atoms with Crippen LogP contribution in [0.1, 0.15) is 37.3 Å². The van der Waals surface area contributed by atoms with E-state index in [1.54, 1.807) is 23.4 Å². The van der Waals surface area contributed by atoms with Gasteiger partial charge in [0.15, 0.2) is 0 Å². The predicted molar refractivity (Wildman–Crippen MR) is 94.3 cm³/mol. The Kier molecular flexibility index (Phi) is 4.18. The van der Waals surface area contributed by atoms with Gasteiger partial charge in [-0.1, -0.05) is 11.6 Å². The maximum absolute atomic E-state index is 12.9. The van der Waals surface area contributed by atoms with Crippen molar-refractivity contribution in [3.05, 3.63) is 35.9 Å². The standard InChI is InChI=1S/C18H22N6O2/c1-12(2)6-9-23-14-5-4-13(16(23)25)10-22(11-14)17(26)15-20-18-19-7-3-8-24(18)21-15/h3,6-8,13-14H,4-5,9-11H2,1-2H3/t13-,14+/m1/s1. The zero-order valence-electron chi connectivity index (χ0n) is 15.0. The van der Waals surface area contributed by atoms with E-state index in [0.717, 1.165) is 12.8 Å². The van der Waals surface area contributed by atoms with Crippen molar-refractivity contribution in [3.63, 3.8) is 0 Å². The van der Waals surface area contributed by atoms with Gasteiger partial charge in [0.2, 0.25) is 11.7 Å². The van der Waals surface area contributed by atoms with Gasteiger partial charge in [-0.15, -0.1) is 5.10 Å². The number of allylic oxidation sites excluding steroid dienone is 1. The lowest BCUT2D eigenvalue weighted by molar-refractivity contribution is -0.139. The molecule has 8 heteroatoms. The molecule has 5 rings (SSSR count). The number of hydrogen-bond acceptors (Lipinski definition) is 5. The molecule has 2 atom stereocenters. The maximum Gasteiger partial charge on any atom is 0.293 e. The van der Waals surface area contributed by atoms with E-state index < -0.39 is 0 Å². The number of amides is 2. The molecular formula is C18H22N6O2. The Morgan fingerprint density at radius 3 is 2.92 bits per heavy atom. The van der Waals surface area contributed by atoms with Gasteiger partial charge in [-0.2, -0.15) is 4.98 Å². The minimum atomic E-state index is -0.232. The summed E-state index contributed by atoms with van der Waals surface area (Å²) in [5.74, 6) is 0.310. The molecule has 0 unspecified atom stereocenters. The van der Waals surface area contributed by atoms with Gasteiger partial charge in [-0.05, 0) is 32.8 Å². The van der Waals surface area contributed by atoms with Crippen molar-refractivity contribution in [2.75, 3.05) is 19.6 Å². The van der Waals surface area contributed by atoms with Gasteiger partial charge in [0.25, 0.3) is 11.7 Å². The first-order chi connectivity index (χ1) is 12.5. The molecule has 2 aromatic heterocycles. The van der Waals surface area contributed by atoms with Crippen LogP contribution in [-0.2, 0) is 4.79 Å². The molecule has 3 aliphatic rings. The quantitative estimate of drug-likeness (QED) is 0.772. The number of hydrogen-bond donors (Lipinski definition) is 0. The Balaban J connectivity index is 1.57. The van der Waals surface area contributed by atoms with Gasteiger partial charge in [0.1, 0.15) is 0 Å². The van der Waals surface area contributed by atoms with Crippen LogP contribution in [0.25, 0.3) is 5.78 Å². The molecule has 3 saturated heterocycles. The highest BCUT2D eigenvalue weighted by Crippen LogP contribution is 2.29. The van der Waals surface area contributed by atoms with Crippen LogP contribution in [0.3, 0.4) is 0 Å². The second kappa shape index (κ2) is 6.51. The predicted octanol–water partition coefficient (Wildman–Crippen LogP) is 1.15. The van der Waals surface area contributed by atoms with E-state index in [1.165, 1.54) is 10.1 Å². The average molecular weight is 354 g/mol. The highest BCUT2D eigenvalue weighted by molar-refractivity contribution is 5.92. The molecule has 0 saturated carbocycles. The van der Waals surface area contributed by atoms with Crippen molar-refractivity contribution < 1.29 is 9.59 Å². The van der Waals surface area contributed by atoms with Crippen molar-refractivity contribution >= 4 is 17.6 Å². The normalized spacial score (nSPS) is 22.6. The van der Waals surface area contributed by atoms with Crippen LogP contribution in [0.15, 0.2) is 30.1 Å². The summed E-state index contributed by atoms with van der Waals surface area (Å²) in [6.45, 7) is 5.63. The molecule has 2 amide bonds. The Hall–Kier alpha value is -2.77. The van der Waals surface area contributed by atoms with Crippen LogP contribution < -0.4 is 0 Å². The van der Waals surface area contributed by atoms with Crippen molar-refractivity contribution in [2.24, 2.45) is 5.92 Å². The fraction of sp³-hybridized carbons (Fsp3) is 0.500. The SMILES string of the molecule is CC(C)=CCN1C(=O)[C@@H]2CC[C@H]1CN(C(=O)c1nc3ncccn3n1)C2. The molecule has 3 aliphatic heterocycles. The van der Waals surface area contributed by atoms with Crippen molar-refractivity contribution in [1.82, 2.24) is 29.4 Å². The van der Waals surface area contributed by atoms with E-state index in [-0.39, 0.29) is 29.6 Å². The second-order valence-corrected chi connectivity index (χ2v) is 7.21. The summed E-state index contributed by atoms with van der Waals surface area (Å²) < 4.78 is 1.49. The Morgan fingerprint density at radius 2 is 2.15 bits per heavy atom. The molecule has 0 N–H and O–H groups in total. The van der Waals surface area contributed by atoms with Gasteiger partial charge in [0, 0.05) is 38.1 Å². The van der Waals surface area contributed by atoms with E-state index in [4.69, 9.17) is 0 Å². The molecule has 26 heavy (non-hydrogen) atoms. The number of carbonyl (C=O) groups is 2. The Labute approximate surface area is 151 Å². The zero-order valence-corrected chi connectivity index (χ0v) is 15.0. The number of carbonyl (C=O) groups excluding carboxylic acids is 2. The van der Waals surface area contributed by atoms with E-state index >= 15 is 0 Å². The van der Waals surface area contributed by atoms with Gasteiger partial charge in [-0.25, -0.2) is 9.50 Å². The lowest BCUT2D eigenvalue weighted by Gasteiger charge is -2.35. The fourth-order valence-corrected chi connectivity index (χ4v) is 3.69. The van der Waals surface area contributed by atoms with Crippen molar-refractivity contribution in [1.29, 1.82) is 0 Å². The van der Waals surface area contributed by atoms with E-state index in [1.807, 2.05) is 18.7 Å². The second-order valence-electron chi connectivity index (χ2n) is 7.21. The summed E-state index contributed by atoms with van der Waals surface area (Å²) in [5.41, 5.74) is 1.19. The number of fused-ring (bicyclic) bond motifs is 5. The monoisotopic (exact) mass is 354 g/mol. The summed E-state index contributed by atoms with van der Waals surface area (Å²) in [5, 5.41) is 4.23. The van der Waals surface area contributed by atoms with E-state index in [0.29, 0.717) is 25.4 Å². The topological polar surface area (TPSA) is 83.7 Å². The van der Waals surface area contributed by atoms with E-state index in [9.17, 15) is 9.59 Å².